The van der Waals surface area contributed by atoms with Gasteiger partial charge in [0.2, 0.25) is 5.96 Å². The molecule has 0 aliphatic rings. The number of hydrogen-bond acceptors (Lipinski definition) is 5. The van der Waals surface area contributed by atoms with Gasteiger partial charge in [-0.2, -0.15) is 9.76 Å². The molecule has 12 heteroatoms. The average molecular weight is 455 g/mol. The quantitative estimate of drug-likeness (QED) is 0.107. The van der Waals surface area contributed by atoms with Crippen molar-refractivity contribution in [1.29, 1.82) is 0 Å². The van der Waals surface area contributed by atoms with E-state index in [0.29, 0.717) is 13.2 Å². The Morgan fingerprint density at radius 3 is 2.12 bits per heavy atom. The topological polar surface area (TPSA) is 147 Å². The van der Waals surface area contributed by atoms with Gasteiger partial charge in [-0.05, 0) is 13.0 Å². The summed E-state index contributed by atoms with van der Waals surface area (Å²) in [7, 11) is -2.17. The van der Waals surface area contributed by atoms with E-state index in [9.17, 15) is 4.57 Å². The molecule has 1 unspecified atom stereocenters. The minimum Gasteiger partial charge on any atom is -0.395 e. The third-order valence-corrected chi connectivity index (χ3v) is 3.49. The van der Waals surface area contributed by atoms with Gasteiger partial charge < -0.3 is 35.8 Å². The molecule has 0 aromatic rings. The Hall–Kier alpha value is -0.0861. The summed E-state index contributed by atoms with van der Waals surface area (Å²) in [5.41, 5.74) is 5.88. The van der Waals surface area contributed by atoms with Crippen molar-refractivity contribution in [3.63, 3.8) is 0 Å². The van der Waals surface area contributed by atoms with E-state index < -0.39 is 7.95 Å². The fourth-order valence-corrected chi connectivity index (χ4v) is 2.35. The van der Waals surface area contributed by atoms with Crippen LogP contribution in [-0.2, 0) is 37.3 Å². The van der Waals surface area contributed by atoms with Gasteiger partial charge >= 0.3 is 0 Å². The second-order valence-corrected chi connectivity index (χ2v) is 6.30. The van der Waals surface area contributed by atoms with Crippen molar-refractivity contribution in [2.75, 3.05) is 59.3 Å². The van der Waals surface area contributed by atoms with Crippen LogP contribution in [0.2, 0.25) is 0 Å². The zero-order chi connectivity index (χ0) is 18.4. The Kier molecular flexibility index (Phi) is 18.8. The van der Waals surface area contributed by atoms with Crippen LogP contribution in [0, 0.1) is 0 Å². The molecule has 1 atom stereocenters. The molecule has 1 radical (unpaired) electrons. The number of nitrogens with zero attached hydrogens (tertiary/aromatic N) is 4. The SMILES string of the molecule is CCCN(CCO)CNC(=N/[PH](C)=O)/N=C(\N)N(CCO)CCO.[Y]. The van der Waals surface area contributed by atoms with Crippen LogP contribution >= 0.6 is 7.95 Å². The maximum absolute atomic E-state index is 11.5. The fourth-order valence-electron chi connectivity index (χ4n) is 1.92. The third kappa shape index (κ3) is 13.7. The molecule has 0 aromatic heterocycles. The van der Waals surface area contributed by atoms with Crippen molar-refractivity contribution >= 4 is 19.9 Å². The molecule has 0 aliphatic heterocycles. The van der Waals surface area contributed by atoms with Crippen LogP contribution in [0.15, 0.2) is 9.76 Å². The summed E-state index contributed by atoms with van der Waals surface area (Å²) in [5, 5.41) is 30.1. The van der Waals surface area contributed by atoms with Crippen LogP contribution < -0.4 is 11.1 Å². The summed E-state index contributed by atoms with van der Waals surface area (Å²) >= 11 is 0. The summed E-state index contributed by atoms with van der Waals surface area (Å²) in [6, 6.07) is 0. The Bertz CT molecular complexity index is 415. The van der Waals surface area contributed by atoms with E-state index in [1.807, 2.05) is 11.8 Å². The Morgan fingerprint density at radius 2 is 1.68 bits per heavy atom. The molecule has 6 N–H and O–H groups in total. The van der Waals surface area contributed by atoms with Crippen molar-refractivity contribution in [2.45, 2.75) is 13.3 Å². The van der Waals surface area contributed by atoms with Crippen LogP contribution in [0.25, 0.3) is 0 Å². The van der Waals surface area contributed by atoms with Gasteiger partial charge in [-0.1, -0.05) is 6.92 Å². The van der Waals surface area contributed by atoms with Gasteiger partial charge in [0.25, 0.3) is 0 Å². The first-order chi connectivity index (χ1) is 11.5. The second kappa shape index (κ2) is 17.3. The molecule has 0 spiro atoms. The van der Waals surface area contributed by atoms with Gasteiger partial charge in [0.15, 0.2) is 13.9 Å². The van der Waals surface area contributed by atoms with Gasteiger partial charge in [0.1, 0.15) is 0 Å². The summed E-state index contributed by atoms with van der Waals surface area (Å²) in [4.78, 5) is 7.59. The standard InChI is InChI=1S/C13H31N6O4P.Y/c1-3-4-18(5-8-20)11-15-13(17-24(2)23)16-12(14)19(6-9-21)7-10-22;/h20-22,24H,3-11H2,1-2H3,(H3,14,15,16,17,23);. The maximum atomic E-state index is 11.5. The number of aliphatic hydroxyl groups excluding tert-OH is 3. The van der Waals surface area contributed by atoms with Crippen molar-refractivity contribution in [3.8, 4) is 0 Å². The largest absolute Gasteiger partial charge is 0.395 e. The molecule has 0 aromatic carbocycles. The minimum absolute atomic E-state index is 0. The average Bonchev–Trinajstić information content (AvgIpc) is 2.52. The zero-order valence-corrected chi connectivity index (χ0v) is 18.9. The van der Waals surface area contributed by atoms with Gasteiger partial charge in [-0.25, -0.2) is 0 Å². The van der Waals surface area contributed by atoms with Gasteiger partial charge in [-0.3, -0.25) is 4.90 Å². The second-order valence-electron chi connectivity index (χ2n) is 5.04. The number of nitrogens with one attached hydrogen (secondary N) is 1. The van der Waals surface area contributed by atoms with Crippen molar-refractivity contribution in [2.24, 2.45) is 15.5 Å². The molecule has 0 rings (SSSR count). The smallest absolute Gasteiger partial charge is 0.228 e. The van der Waals surface area contributed by atoms with E-state index in [1.165, 1.54) is 11.6 Å². The number of aliphatic hydroxyl groups is 3. The molecule has 0 amide bonds. The third-order valence-electron chi connectivity index (χ3n) is 2.96. The Labute approximate surface area is 175 Å². The fraction of sp³-hybridized carbons (Fsp3) is 0.846. The zero-order valence-electron chi connectivity index (χ0n) is 15.1. The van der Waals surface area contributed by atoms with Crippen LogP contribution in [0.1, 0.15) is 13.3 Å². The molecule has 25 heavy (non-hydrogen) atoms. The molecule has 0 aliphatic carbocycles. The number of aliphatic imine (C=N–C) groups is 1. The van der Waals surface area contributed by atoms with Crippen LogP contribution in [0.5, 0.6) is 0 Å². The van der Waals surface area contributed by atoms with E-state index in [1.54, 1.807) is 0 Å². The molecule has 0 saturated heterocycles. The number of guanidine groups is 2. The van der Waals surface area contributed by atoms with Crippen molar-refractivity contribution in [3.05, 3.63) is 0 Å². The molecule has 0 heterocycles. The number of hydrogen-bond donors (Lipinski definition) is 5. The normalized spacial score (nSPS) is 13.5. The summed E-state index contributed by atoms with van der Waals surface area (Å²) in [5.74, 6) is 0.190. The molecule has 0 saturated carbocycles. The monoisotopic (exact) mass is 455 g/mol. The van der Waals surface area contributed by atoms with Crippen LogP contribution in [0.4, 0.5) is 0 Å². The van der Waals surface area contributed by atoms with E-state index in [2.05, 4.69) is 15.1 Å². The first kappa shape index (κ1) is 27.1. The number of nitrogens with two attached hydrogens (primary N) is 1. The van der Waals surface area contributed by atoms with E-state index in [-0.39, 0.29) is 77.5 Å². The van der Waals surface area contributed by atoms with E-state index >= 15 is 0 Å². The molecule has 0 fully saturated rings. The van der Waals surface area contributed by atoms with Gasteiger partial charge in [0, 0.05) is 59.0 Å². The summed E-state index contributed by atoms with van der Waals surface area (Å²) in [6.45, 7) is 5.36. The molecule has 0 bridgehead atoms. The number of rotatable bonds is 11. The predicted molar refractivity (Wildman–Crippen MR) is 96.7 cm³/mol. The Balaban J connectivity index is 0. The van der Waals surface area contributed by atoms with Crippen molar-refractivity contribution < 1.29 is 52.6 Å². The molecule has 145 valence electrons. The molecule has 10 nitrogen and oxygen atoms in total. The maximum Gasteiger partial charge on any atom is 0.228 e. The van der Waals surface area contributed by atoms with Gasteiger partial charge in [0.05, 0.1) is 26.5 Å². The Morgan fingerprint density at radius 1 is 1.12 bits per heavy atom. The van der Waals surface area contributed by atoms with E-state index in [0.717, 1.165) is 13.0 Å². The van der Waals surface area contributed by atoms with Crippen molar-refractivity contribution in [1.82, 2.24) is 15.1 Å². The van der Waals surface area contributed by atoms with Crippen LogP contribution in [0.3, 0.4) is 0 Å². The first-order valence-corrected chi connectivity index (χ1v) is 9.81. The first-order valence-electron chi connectivity index (χ1n) is 7.95. The minimum atomic E-state index is -2.17. The van der Waals surface area contributed by atoms with E-state index in [4.69, 9.17) is 21.1 Å². The molecular formula is C13H31N6O4PY. The van der Waals surface area contributed by atoms with Crippen LogP contribution in [-0.4, -0.2) is 96.4 Å². The molecular weight excluding hydrogens is 424 g/mol. The summed E-state index contributed by atoms with van der Waals surface area (Å²) in [6.07, 6.45) is 0.921. The van der Waals surface area contributed by atoms with Gasteiger partial charge in [-0.15, -0.1) is 0 Å². The predicted octanol–water partition coefficient (Wildman–Crippen LogP) is -1.70. The summed E-state index contributed by atoms with van der Waals surface area (Å²) < 4.78 is 15.4.